The molecule has 3 N–H and O–H groups in total. The van der Waals surface area contributed by atoms with Crippen LogP contribution >= 0.6 is 0 Å². The van der Waals surface area contributed by atoms with E-state index in [0.717, 1.165) is 28.5 Å². The zero-order valence-corrected chi connectivity index (χ0v) is 19.3. The number of halogens is 1. The van der Waals surface area contributed by atoms with E-state index in [1.807, 2.05) is 36.4 Å². The van der Waals surface area contributed by atoms with Crippen molar-refractivity contribution in [2.24, 2.45) is 11.7 Å². The second-order valence-electron chi connectivity index (χ2n) is 8.99. The largest absolute Gasteiger partial charge is 0.368 e. The summed E-state index contributed by atoms with van der Waals surface area (Å²) in [6.45, 7) is 0.917. The van der Waals surface area contributed by atoms with E-state index in [2.05, 4.69) is 4.98 Å². The first-order chi connectivity index (χ1) is 16.5. The van der Waals surface area contributed by atoms with Gasteiger partial charge in [-0.05, 0) is 58.7 Å². The number of carbonyl (C=O) groups is 1. The average molecular weight is 463 g/mol. The van der Waals surface area contributed by atoms with Crippen LogP contribution in [-0.4, -0.2) is 28.8 Å². The van der Waals surface area contributed by atoms with Crippen molar-refractivity contribution in [1.82, 2.24) is 4.98 Å². The number of benzene rings is 2. The Morgan fingerprint density at radius 2 is 1.97 bits per heavy atom. The molecule has 1 aliphatic rings. The molecule has 0 aliphatic heterocycles. The monoisotopic (exact) mass is 462 g/mol. The highest BCUT2D eigenvalue weighted by atomic mass is 19.1. The highest BCUT2D eigenvalue weighted by molar-refractivity contribution is 5.98. The van der Waals surface area contributed by atoms with E-state index < -0.39 is 12.1 Å². The molecule has 0 amide bonds. The number of carbonyl (C=O) groups excluding carboxylic acids is 1. The predicted octanol–water partition coefficient (Wildman–Crippen LogP) is 4.84. The Balaban J connectivity index is 1.50. The van der Waals surface area contributed by atoms with Crippen molar-refractivity contribution in [2.75, 3.05) is 6.61 Å². The lowest BCUT2D eigenvalue weighted by atomic mass is 9.93. The van der Waals surface area contributed by atoms with Crippen molar-refractivity contribution in [1.29, 1.82) is 0 Å². The Morgan fingerprint density at radius 1 is 1.15 bits per heavy atom. The fraction of sp³-hybridized carbons (Fsp3) is 0.357. The van der Waals surface area contributed by atoms with Gasteiger partial charge in [0.05, 0.1) is 12.8 Å². The summed E-state index contributed by atoms with van der Waals surface area (Å²) in [7, 11) is 0. The summed E-state index contributed by atoms with van der Waals surface area (Å²) in [6, 6.07) is 14.7. The van der Waals surface area contributed by atoms with Crippen LogP contribution in [0, 0.1) is 11.7 Å². The van der Waals surface area contributed by atoms with E-state index >= 15 is 0 Å². The van der Waals surface area contributed by atoms with E-state index in [0.29, 0.717) is 36.6 Å². The Morgan fingerprint density at radius 3 is 2.74 bits per heavy atom. The molecule has 6 heteroatoms. The molecular weight excluding hydrogens is 431 g/mol. The average Bonchev–Trinajstić information content (AvgIpc) is 3.38. The molecule has 178 valence electrons. The normalized spacial score (nSPS) is 14.9. The van der Waals surface area contributed by atoms with Crippen LogP contribution in [0.15, 0.2) is 60.9 Å². The van der Waals surface area contributed by atoms with Crippen molar-refractivity contribution in [3.63, 3.8) is 0 Å². The molecule has 5 nitrogen and oxygen atoms in total. The van der Waals surface area contributed by atoms with E-state index in [1.54, 1.807) is 6.07 Å². The van der Waals surface area contributed by atoms with Gasteiger partial charge in [0, 0.05) is 31.1 Å². The minimum absolute atomic E-state index is 0.0413. The zero-order valence-electron chi connectivity index (χ0n) is 19.3. The topological polar surface area (TPSA) is 85.4 Å². The summed E-state index contributed by atoms with van der Waals surface area (Å²) in [5.41, 5.74) is 10.4. The summed E-state index contributed by atoms with van der Waals surface area (Å²) < 4.78 is 19.7. The molecule has 1 heterocycles. The van der Waals surface area contributed by atoms with Crippen LogP contribution in [0.2, 0.25) is 0 Å². The summed E-state index contributed by atoms with van der Waals surface area (Å²) in [5.74, 6) is -0.119. The number of aromatic nitrogens is 1. The predicted molar refractivity (Wildman–Crippen MR) is 130 cm³/mol. The maximum Gasteiger partial charge on any atom is 0.167 e. The third-order valence-electron chi connectivity index (χ3n) is 6.51. The van der Waals surface area contributed by atoms with Gasteiger partial charge in [0.2, 0.25) is 0 Å². The number of aliphatic hydroxyl groups excluding tert-OH is 1. The van der Waals surface area contributed by atoms with Crippen LogP contribution in [0.3, 0.4) is 0 Å². The highest BCUT2D eigenvalue weighted by Crippen LogP contribution is 2.28. The smallest absolute Gasteiger partial charge is 0.167 e. The van der Waals surface area contributed by atoms with E-state index in [4.69, 9.17) is 10.5 Å². The Labute approximate surface area is 199 Å². The number of ketones is 1. The molecule has 34 heavy (non-hydrogen) atoms. The highest BCUT2D eigenvalue weighted by Gasteiger charge is 2.18. The molecule has 0 spiro atoms. The van der Waals surface area contributed by atoms with Gasteiger partial charge in [-0.25, -0.2) is 4.39 Å². The Hall–Kier alpha value is -2.93. The number of hydrogen-bond acceptors (Lipinski definition) is 5. The summed E-state index contributed by atoms with van der Waals surface area (Å²) >= 11 is 0. The van der Waals surface area contributed by atoms with Crippen LogP contribution in [0.25, 0.3) is 11.1 Å². The number of pyridine rings is 1. The van der Waals surface area contributed by atoms with E-state index in [9.17, 15) is 14.3 Å². The van der Waals surface area contributed by atoms with Gasteiger partial charge < -0.3 is 15.6 Å². The van der Waals surface area contributed by atoms with Crippen LogP contribution in [-0.2, 0) is 24.1 Å². The molecule has 1 saturated carbocycles. The summed E-state index contributed by atoms with van der Waals surface area (Å²) in [6.07, 6.45) is 6.92. The SMILES string of the molecule is NCc1ccc(C(=O)Cc2ccncc2F)cc1-c1cccc(CC(O)OCC2CCCC2)c1. The van der Waals surface area contributed by atoms with Crippen molar-refractivity contribution in [3.05, 3.63) is 89.0 Å². The molecular formula is C28H31FN2O3. The van der Waals surface area contributed by atoms with Crippen molar-refractivity contribution >= 4 is 5.78 Å². The summed E-state index contributed by atoms with van der Waals surface area (Å²) in [4.78, 5) is 16.6. The number of nitrogens with zero attached hydrogens (tertiary/aromatic N) is 1. The quantitative estimate of drug-likeness (QED) is 0.333. The lowest BCUT2D eigenvalue weighted by molar-refractivity contribution is -0.107. The molecule has 1 unspecified atom stereocenters. The molecule has 0 bridgehead atoms. The van der Waals surface area contributed by atoms with Crippen LogP contribution in [0.1, 0.15) is 52.7 Å². The first-order valence-electron chi connectivity index (χ1n) is 11.9. The third kappa shape index (κ3) is 6.14. The lowest BCUT2D eigenvalue weighted by Crippen LogP contribution is -2.19. The Kier molecular flexibility index (Phi) is 8.16. The minimum atomic E-state index is -0.854. The molecule has 0 radical (unpaired) electrons. The summed E-state index contributed by atoms with van der Waals surface area (Å²) in [5, 5.41) is 10.4. The fourth-order valence-electron chi connectivity index (χ4n) is 4.57. The van der Waals surface area contributed by atoms with Crippen LogP contribution in [0.5, 0.6) is 0 Å². The maximum absolute atomic E-state index is 14.0. The lowest BCUT2D eigenvalue weighted by Gasteiger charge is -2.16. The first-order valence-corrected chi connectivity index (χ1v) is 11.9. The van der Waals surface area contributed by atoms with Crippen molar-refractivity contribution in [3.8, 4) is 11.1 Å². The third-order valence-corrected chi connectivity index (χ3v) is 6.51. The van der Waals surface area contributed by atoms with Gasteiger partial charge in [-0.2, -0.15) is 0 Å². The molecule has 1 fully saturated rings. The maximum atomic E-state index is 14.0. The molecule has 4 rings (SSSR count). The zero-order chi connectivity index (χ0) is 23.9. The van der Waals surface area contributed by atoms with Gasteiger partial charge in [0.15, 0.2) is 12.1 Å². The minimum Gasteiger partial charge on any atom is -0.368 e. The first kappa shape index (κ1) is 24.2. The van der Waals surface area contributed by atoms with Gasteiger partial charge in [0.25, 0.3) is 0 Å². The van der Waals surface area contributed by atoms with Gasteiger partial charge >= 0.3 is 0 Å². The van der Waals surface area contributed by atoms with Gasteiger partial charge in [-0.15, -0.1) is 0 Å². The number of hydrogen-bond donors (Lipinski definition) is 2. The van der Waals surface area contributed by atoms with Gasteiger partial charge in [-0.3, -0.25) is 9.78 Å². The molecule has 2 aromatic carbocycles. The van der Waals surface area contributed by atoms with E-state index in [1.165, 1.54) is 37.9 Å². The van der Waals surface area contributed by atoms with Crippen LogP contribution in [0.4, 0.5) is 4.39 Å². The van der Waals surface area contributed by atoms with Crippen LogP contribution < -0.4 is 5.73 Å². The molecule has 1 atom stereocenters. The number of nitrogens with two attached hydrogens (primary N) is 1. The number of aliphatic hydroxyl groups is 1. The van der Waals surface area contributed by atoms with E-state index in [-0.39, 0.29) is 12.2 Å². The molecule has 1 aromatic heterocycles. The van der Waals surface area contributed by atoms with Crippen molar-refractivity contribution < 1.29 is 19.0 Å². The number of ether oxygens (including phenoxy) is 1. The standard InChI is InChI=1S/C28H31FN2O3/c29-26-17-31-11-10-22(26)15-27(32)23-8-9-24(16-30)25(14-23)21-7-3-6-20(12-21)13-28(33)34-18-19-4-1-2-5-19/h3,6-12,14,17,19,28,33H,1-2,4-5,13,15-16,18,30H2. The number of rotatable bonds is 10. The van der Waals surface area contributed by atoms with Crippen molar-refractivity contribution in [2.45, 2.75) is 51.4 Å². The second kappa shape index (κ2) is 11.5. The Bertz CT molecular complexity index is 1130. The number of Topliss-reactive ketones (excluding diaryl/α,β-unsaturated/α-hetero) is 1. The second-order valence-corrected chi connectivity index (χ2v) is 8.99. The van der Waals surface area contributed by atoms with Gasteiger partial charge in [-0.1, -0.05) is 49.2 Å². The molecule has 1 aliphatic carbocycles. The molecule has 0 saturated heterocycles. The fourth-order valence-corrected chi connectivity index (χ4v) is 4.57. The van der Waals surface area contributed by atoms with Gasteiger partial charge in [0.1, 0.15) is 5.82 Å². The molecule has 3 aromatic rings.